The molecule has 0 radical (unpaired) electrons. The number of carbonyl (C=O) groups excluding carboxylic acids is 5. The van der Waals surface area contributed by atoms with Crippen LogP contribution >= 0.6 is 0 Å². The van der Waals surface area contributed by atoms with E-state index in [1.165, 1.54) is 128 Å². The largest absolute Gasteiger partial charge is 0.477 e. The minimum absolute atomic E-state index is 0.108. The Balaban J connectivity index is 1.28. The van der Waals surface area contributed by atoms with Crippen LogP contribution in [0.3, 0.4) is 0 Å². The first-order valence-corrected chi connectivity index (χ1v) is 50.9. The predicted molar refractivity (Wildman–Crippen MR) is 493 cm³/mol. The van der Waals surface area contributed by atoms with E-state index in [-0.39, 0.29) is 12.8 Å². The van der Waals surface area contributed by atoms with Crippen LogP contribution in [0.4, 0.5) is 0 Å². The zero-order chi connectivity index (χ0) is 104. The van der Waals surface area contributed by atoms with Gasteiger partial charge in [0.25, 0.3) is 17.4 Å². The van der Waals surface area contributed by atoms with Gasteiger partial charge in [-0.25, -0.2) is 14.4 Å². The first kappa shape index (κ1) is 124. The number of carboxylic acids is 3. The summed E-state index contributed by atoms with van der Waals surface area (Å²) in [5.74, 6) is -23.5. The molecule has 0 aromatic carbocycles. The number of ether oxygens (including phenoxy) is 12. The van der Waals surface area contributed by atoms with Crippen molar-refractivity contribution >= 4 is 47.3 Å². The Labute approximate surface area is 823 Å². The smallest absolute Gasteiger partial charge is 0.364 e. The molecule has 0 aromatic rings. The molecule has 0 aromatic heterocycles. The lowest BCUT2D eigenvalue weighted by molar-refractivity contribution is -0.404. The number of amides is 4. The lowest BCUT2D eigenvalue weighted by atomic mass is 9.86. The van der Waals surface area contributed by atoms with Crippen LogP contribution in [0.25, 0.3) is 0 Å². The Kier molecular flexibility index (Phi) is 56.1. The molecule has 0 saturated carbocycles. The van der Waals surface area contributed by atoms with Crippen LogP contribution in [0, 0.1) is 5.92 Å². The molecule has 820 valence electrons. The second kappa shape index (κ2) is 63.5. The summed E-state index contributed by atoms with van der Waals surface area (Å²) in [5.41, 5.74) is 0. The number of carbonyl (C=O) groups is 8. The van der Waals surface area contributed by atoms with Crippen molar-refractivity contribution in [3.05, 3.63) is 0 Å². The van der Waals surface area contributed by atoms with Gasteiger partial charge in [0.15, 0.2) is 18.9 Å². The highest BCUT2D eigenvalue weighted by Gasteiger charge is 2.65. The van der Waals surface area contributed by atoms with Gasteiger partial charge in [0, 0.05) is 58.8 Å². The van der Waals surface area contributed by atoms with Gasteiger partial charge in [0.05, 0.1) is 101 Å². The van der Waals surface area contributed by atoms with Gasteiger partial charge in [0.1, 0.15) is 122 Å². The van der Waals surface area contributed by atoms with Crippen LogP contribution in [-0.4, -0.2) is 413 Å². The van der Waals surface area contributed by atoms with Crippen molar-refractivity contribution in [2.45, 2.75) is 499 Å². The van der Waals surface area contributed by atoms with Crippen molar-refractivity contribution < 1.29 is 208 Å². The van der Waals surface area contributed by atoms with Gasteiger partial charge < -0.3 is 195 Å². The lowest BCUT2D eigenvalue weighted by Gasteiger charge is -2.53. The highest BCUT2D eigenvalue weighted by atomic mass is 16.8. The molecule has 6 fully saturated rings. The van der Waals surface area contributed by atoms with Gasteiger partial charge in [-0.05, 0) is 19.8 Å². The van der Waals surface area contributed by atoms with E-state index < -0.39 is 332 Å². The average Bonchev–Trinajstić information content (AvgIpc) is 0.748. The van der Waals surface area contributed by atoms with E-state index in [1.54, 1.807) is 0 Å². The number of unbranched alkanes of at least 4 members (excludes halogenated alkanes) is 31. The van der Waals surface area contributed by atoms with Gasteiger partial charge in [-0.1, -0.05) is 219 Å². The molecule has 26 N–H and O–H groups in total. The molecule has 35 atom stereocenters. The Morgan fingerprint density at radius 1 is 0.376 bits per heavy atom. The molecule has 46 nitrogen and oxygen atoms in total. The van der Waals surface area contributed by atoms with Gasteiger partial charge in [-0.2, -0.15) is 0 Å². The molecule has 46 heteroatoms. The summed E-state index contributed by atoms with van der Waals surface area (Å²) in [4.78, 5) is 107. The molecule has 0 aliphatic carbocycles. The normalized spacial score (nSPS) is 33.2. The molecule has 6 aliphatic rings. The van der Waals surface area contributed by atoms with Crippen LogP contribution in [0.5, 0.6) is 0 Å². The van der Waals surface area contributed by atoms with E-state index in [0.717, 1.165) is 98.3 Å². The topological polar surface area (TPSA) is 741 Å². The van der Waals surface area contributed by atoms with E-state index in [1.807, 2.05) is 0 Å². The van der Waals surface area contributed by atoms with Crippen molar-refractivity contribution in [1.82, 2.24) is 21.3 Å². The van der Waals surface area contributed by atoms with E-state index in [2.05, 4.69) is 35.1 Å². The molecule has 141 heavy (non-hydrogen) atoms. The molecule has 6 rings (SSSR count). The maximum Gasteiger partial charge on any atom is 0.364 e. The maximum atomic E-state index is 14.5. The first-order valence-electron chi connectivity index (χ1n) is 50.9. The Hall–Kier alpha value is -5.28. The first-order chi connectivity index (χ1) is 67.1. The summed E-state index contributed by atoms with van der Waals surface area (Å²) in [6, 6.07) is -7.20. The van der Waals surface area contributed by atoms with Crippen LogP contribution < -0.4 is 21.3 Å². The van der Waals surface area contributed by atoms with Gasteiger partial charge >= 0.3 is 17.9 Å². The molecule has 0 bridgehead atoms. The second-order valence-electron chi connectivity index (χ2n) is 38.9. The number of nitrogens with one attached hydrogen (secondary N) is 4. The molecule has 6 saturated heterocycles. The van der Waals surface area contributed by atoms with E-state index in [9.17, 15) is 151 Å². The summed E-state index contributed by atoms with van der Waals surface area (Å²) in [7, 11) is 0. The minimum atomic E-state index is -3.70. The predicted octanol–water partition coefficient (Wildman–Crippen LogP) is -1.25. The summed E-state index contributed by atoms with van der Waals surface area (Å²) < 4.78 is 72.2. The number of aliphatic hydroxyl groups is 19. The third kappa shape index (κ3) is 37.5. The zero-order valence-electron chi connectivity index (χ0n) is 82.5. The molecule has 35 unspecified atom stereocenters. The number of carboxylic acid groups (broad SMARTS) is 3. The maximum absolute atomic E-state index is 14.5. The third-order valence-electron chi connectivity index (χ3n) is 27.4. The fourth-order valence-electron chi connectivity index (χ4n) is 19.4. The number of aliphatic carboxylic acids is 3. The quantitative estimate of drug-likeness (QED) is 0.0316. The van der Waals surface area contributed by atoms with Crippen molar-refractivity contribution in [2.75, 3.05) is 46.2 Å². The number of hydrogen-bond acceptors (Lipinski definition) is 39. The minimum Gasteiger partial charge on any atom is -0.477 e. The number of rotatable bonds is 70. The zero-order valence-corrected chi connectivity index (χ0v) is 82.5. The Bertz CT molecular complexity index is 3610. The van der Waals surface area contributed by atoms with Crippen LogP contribution in [-0.2, 0) is 95.2 Å². The molecule has 4 amide bonds. The summed E-state index contributed by atoms with van der Waals surface area (Å²) in [5, 5.41) is 262. The fraction of sp³-hybridized carbons (Fsp3) is 0.916. The van der Waals surface area contributed by atoms with Crippen molar-refractivity contribution in [2.24, 2.45) is 5.92 Å². The van der Waals surface area contributed by atoms with E-state index >= 15 is 0 Å². The van der Waals surface area contributed by atoms with Crippen molar-refractivity contribution in [1.29, 1.82) is 0 Å². The van der Waals surface area contributed by atoms with E-state index in [4.69, 9.17) is 56.8 Å². The standard InChI is InChI=1S/C95H168N4O42/c1-7-9-11-13-15-17-19-21-22-23-24-25-26-27-29-31-33-35-37-39-41-69(115)99-58(59(110)40-38-36-34-32-30-28-20-18-16-14-12-10-8-2)52-130-88-79(122)78(121)81(67(50-104)132-88)134-89-80(123)86(82(68(51-105)133-89)135-87-57(42-53(3)106)73(116)75(118)64(47-101)131-87)141-95(92(128)129)45-62(113)72(98-56(6)109)85(140-95)77(120)66(49-103)137-94(91(126)127)44-61(112)71(97-55(5)108)84(139-94)76(119)65(48-102)136-93(90(124)125)43-60(111)70(96-54(4)107)83(138-93)74(117)63(114)46-100/h57-68,70-89,100-105,110-114,116-123H,7-52H2,1-6H3,(H,96,107)(H,97,108)(H,98,109)(H,99,115)(H,124,125)(H,126,127)(H,128,129). The van der Waals surface area contributed by atoms with Gasteiger partial charge in [-0.15, -0.1) is 0 Å². The Morgan fingerprint density at radius 3 is 1.11 bits per heavy atom. The van der Waals surface area contributed by atoms with Crippen molar-refractivity contribution in [3.8, 4) is 0 Å². The van der Waals surface area contributed by atoms with E-state index in [0.29, 0.717) is 12.8 Å². The second-order valence-corrected chi connectivity index (χ2v) is 38.9. The molecular formula is C95H168N4O42. The summed E-state index contributed by atoms with van der Waals surface area (Å²) >= 11 is 0. The number of aliphatic hydroxyl groups excluding tert-OH is 19. The highest BCUT2D eigenvalue weighted by Crippen LogP contribution is 2.45. The SMILES string of the molecule is CCCCCCCCCCCCCCCCCCCCCCC(=O)NC(COC1OC(CO)C(OC2OC(CO)C(OC3OC(CO)C(O)C(O)C3CC(C)=O)C(OC3(C(=O)O)CC(O)C(NC(C)=O)C(C(O)C(CO)OC4(C(=O)O)CC(O)C(NC(C)=O)C(C(O)C(CO)OC5(C(=O)O)CC(O)C(NC(C)=O)C(C(O)C(O)CO)O5)O4)O3)C2O)C(O)C1O)C(O)CCCCCCCCCCCCCCC. The highest BCUT2D eigenvalue weighted by molar-refractivity contribution is 5.79. The number of hydrogen-bond donors (Lipinski definition) is 26. The Morgan fingerprint density at radius 2 is 0.730 bits per heavy atom. The fourth-order valence-corrected chi connectivity index (χ4v) is 19.4. The van der Waals surface area contributed by atoms with Crippen molar-refractivity contribution in [3.63, 3.8) is 0 Å². The summed E-state index contributed by atoms with van der Waals surface area (Å²) in [6.07, 6.45) is -28.8. The number of ketones is 1. The summed E-state index contributed by atoms with van der Waals surface area (Å²) in [6.45, 7) is -0.476. The van der Waals surface area contributed by atoms with Gasteiger partial charge in [0.2, 0.25) is 23.6 Å². The molecular weight excluding hydrogens is 1870 g/mol. The average molecular weight is 2040 g/mol. The molecule has 6 heterocycles. The van der Waals surface area contributed by atoms with Crippen LogP contribution in [0.2, 0.25) is 0 Å². The lowest BCUT2D eigenvalue weighted by Crippen LogP contribution is -2.72. The molecule has 0 spiro atoms. The van der Waals surface area contributed by atoms with Crippen LogP contribution in [0.1, 0.15) is 292 Å². The monoisotopic (exact) mass is 2040 g/mol. The third-order valence-corrected chi connectivity index (χ3v) is 27.4. The van der Waals surface area contributed by atoms with Gasteiger partial charge in [-0.3, -0.25) is 19.2 Å². The number of Topliss-reactive ketones (excluding diaryl/α,β-unsaturated/α-hetero) is 1. The van der Waals surface area contributed by atoms with Crippen LogP contribution in [0.15, 0.2) is 0 Å². The molecule has 6 aliphatic heterocycles.